The summed E-state index contributed by atoms with van der Waals surface area (Å²) in [5.41, 5.74) is 3.91. The molecule has 1 amide bonds. The van der Waals surface area contributed by atoms with Crippen molar-refractivity contribution in [2.24, 2.45) is 0 Å². The van der Waals surface area contributed by atoms with E-state index in [4.69, 9.17) is 4.52 Å². The Morgan fingerprint density at radius 1 is 1.09 bits per heavy atom. The van der Waals surface area contributed by atoms with E-state index in [1.54, 1.807) is 23.7 Å². The molecule has 3 aromatic heterocycles. The summed E-state index contributed by atoms with van der Waals surface area (Å²) >= 11 is 1.54. The zero-order valence-corrected chi connectivity index (χ0v) is 20.0. The average molecular weight is 475 g/mol. The van der Waals surface area contributed by atoms with Gasteiger partial charge in [-0.05, 0) is 26.0 Å². The third-order valence-electron chi connectivity index (χ3n) is 6.12. The zero-order valence-electron chi connectivity index (χ0n) is 19.2. The highest BCUT2D eigenvalue weighted by Gasteiger charge is 2.28. The fraction of sp³-hybridized carbons (Fsp3) is 0.320. The van der Waals surface area contributed by atoms with E-state index in [9.17, 15) is 4.79 Å². The van der Waals surface area contributed by atoms with E-state index in [1.165, 1.54) is 5.56 Å². The van der Waals surface area contributed by atoms with Crippen LogP contribution in [0.25, 0.3) is 22.0 Å². The minimum Gasteiger partial charge on any atom is -0.340 e. The molecule has 0 spiro atoms. The topological polar surface area (TPSA) is 88.3 Å². The lowest BCUT2D eigenvalue weighted by Gasteiger charge is -2.36. The molecule has 0 saturated carbocycles. The first-order valence-corrected chi connectivity index (χ1v) is 12.2. The molecule has 5 rings (SSSR count). The molecule has 34 heavy (non-hydrogen) atoms. The second kappa shape index (κ2) is 9.82. The van der Waals surface area contributed by atoms with Gasteiger partial charge in [0.1, 0.15) is 5.01 Å². The number of hydrogen-bond acceptors (Lipinski definition) is 8. The summed E-state index contributed by atoms with van der Waals surface area (Å²) in [6.45, 7) is 6.97. The summed E-state index contributed by atoms with van der Waals surface area (Å²) in [5.74, 6) is 1.31. The van der Waals surface area contributed by atoms with E-state index in [0.29, 0.717) is 31.2 Å². The second-order valence-electron chi connectivity index (χ2n) is 8.48. The molecule has 0 bridgehead atoms. The van der Waals surface area contributed by atoms with E-state index in [2.05, 4.69) is 38.9 Å². The summed E-state index contributed by atoms with van der Waals surface area (Å²) in [4.78, 5) is 30.4. The van der Waals surface area contributed by atoms with Crippen LogP contribution in [0.5, 0.6) is 0 Å². The molecule has 4 aromatic rings. The maximum atomic E-state index is 12.9. The van der Waals surface area contributed by atoms with Crippen LogP contribution in [0, 0.1) is 6.92 Å². The van der Waals surface area contributed by atoms with Gasteiger partial charge in [-0.2, -0.15) is 4.98 Å². The number of amides is 1. The number of thiazole rings is 1. The lowest BCUT2D eigenvalue weighted by atomic mass is 10.1. The van der Waals surface area contributed by atoms with Gasteiger partial charge in [0.05, 0.1) is 18.2 Å². The number of nitrogens with zero attached hydrogens (tertiary/aromatic N) is 6. The predicted molar refractivity (Wildman–Crippen MR) is 130 cm³/mol. The number of aromatic nitrogens is 4. The minimum absolute atomic E-state index is 0.00969. The van der Waals surface area contributed by atoms with E-state index in [1.807, 2.05) is 46.7 Å². The smallest absolute Gasteiger partial charge is 0.244 e. The maximum Gasteiger partial charge on any atom is 0.244 e. The number of piperazine rings is 1. The van der Waals surface area contributed by atoms with Crippen LogP contribution in [0.15, 0.2) is 58.7 Å². The quantitative estimate of drug-likeness (QED) is 0.417. The molecule has 4 heterocycles. The van der Waals surface area contributed by atoms with Crippen LogP contribution < -0.4 is 0 Å². The molecule has 1 unspecified atom stereocenters. The molecular weight excluding hydrogens is 448 g/mol. The monoisotopic (exact) mass is 474 g/mol. The predicted octanol–water partition coefficient (Wildman–Crippen LogP) is 4.01. The van der Waals surface area contributed by atoms with E-state index in [-0.39, 0.29) is 11.9 Å². The average Bonchev–Trinajstić information content (AvgIpc) is 3.55. The van der Waals surface area contributed by atoms with Gasteiger partial charge in [-0.15, -0.1) is 11.3 Å². The van der Waals surface area contributed by atoms with Crippen LogP contribution in [0.3, 0.4) is 0 Å². The Bertz CT molecular complexity index is 1250. The standard InChI is InChI=1S/C25H26N6O2S/c1-17-5-7-19(8-6-17)23-28-24(33-29-23)18(2)30-10-12-31(13-11-30)22(32)14-21-16-34-25(27-21)20-4-3-9-26-15-20/h3-9,15-16,18H,10-14H2,1-2H3. The molecule has 0 N–H and O–H groups in total. The van der Waals surface area contributed by atoms with Crippen molar-refractivity contribution in [3.8, 4) is 22.0 Å². The fourth-order valence-electron chi connectivity index (χ4n) is 4.02. The second-order valence-corrected chi connectivity index (χ2v) is 9.34. The Morgan fingerprint density at radius 2 is 1.88 bits per heavy atom. The zero-order chi connectivity index (χ0) is 23.5. The molecule has 174 valence electrons. The molecule has 1 aliphatic heterocycles. The summed E-state index contributed by atoms with van der Waals surface area (Å²) in [6, 6.07) is 11.9. The summed E-state index contributed by atoms with van der Waals surface area (Å²) in [6.07, 6.45) is 3.84. The van der Waals surface area contributed by atoms with Gasteiger partial charge in [0.15, 0.2) is 0 Å². The molecule has 1 aromatic carbocycles. The van der Waals surface area contributed by atoms with Crippen LogP contribution in [-0.2, 0) is 11.2 Å². The summed E-state index contributed by atoms with van der Waals surface area (Å²) in [5, 5.41) is 7.00. The van der Waals surface area contributed by atoms with E-state index >= 15 is 0 Å². The normalized spacial score (nSPS) is 15.4. The molecule has 1 saturated heterocycles. The molecule has 0 aliphatic carbocycles. The van der Waals surface area contributed by atoms with Crippen molar-refractivity contribution in [1.29, 1.82) is 0 Å². The van der Waals surface area contributed by atoms with Crippen LogP contribution in [0.1, 0.15) is 30.1 Å². The molecule has 8 nitrogen and oxygen atoms in total. The number of rotatable bonds is 6. The van der Waals surface area contributed by atoms with Gasteiger partial charge in [0, 0.05) is 55.1 Å². The number of carbonyl (C=O) groups excluding carboxylic acids is 1. The number of benzene rings is 1. The van der Waals surface area contributed by atoms with Gasteiger partial charge < -0.3 is 9.42 Å². The summed E-state index contributed by atoms with van der Waals surface area (Å²) in [7, 11) is 0. The molecule has 1 atom stereocenters. The molecule has 9 heteroatoms. The Labute approximate surface area is 202 Å². The van der Waals surface area contributed by atoms with Gasteiger partial charge >= 0.3 is 0 Å². The van der Waals surface area contributed by atoms with Crippen molar-refractivity contribution >= 4 is 17.2 Å². The first kappa shape index (κ1) is 22.4. The Morgan fingerprint density at radius 3 is 2.62 bits per heavy atom. The number of pyridine rings is 1. The largest absolute Gasteiger partial charge is 0.340 e. The molecule has 1 aliphatic rings. The number of aryl methyl sites for hydroxylation is 1. The van der Waals surface area contributed by atoms with Gasteiger partial charge in [-0.1, -0.05) is 35.0 Å². The number of carbonyl (C=O) groups is 1. The van der Waals surface area contributed by atoms with Crippen LogP contribution in [-0.4, -0.2) is 62.0 Å². The summed E-state index contributed by atoms with van der Waals surface area (Å²) < 4.78 is 5.56. The number of hydrogen-bond donors (Lipinski definition) is 0. The lowest BCUT2D eigenvalue weighted by molar-refractivity contribution is -0.132. The van der Waals surface area contributed by atoms with Crippen molar-refractivity contribution in [1.82, 2.24) is 29.9 Å². The van der Waals surface area contributed by atoms with Gasteiger partial charge in [-0.3, -0.25) is 14.7 Å². The molecular formula is C25H26N6O2S. The van der Waals surface area contributed by atoms with Crippen LogP contribution in [0.2, 0.25) is 0 Å². The Balaban J connectivity index is 1.15. The van der Waals surface area contributed by atoms with E-state index < -0.39 is 0 Å². The minimum atomic E-state index is -0.00969. The van der Waals surface area contributed by atoms with Crippen molar-refractivity contribution in [2.75, 3.05) is 26.2 Å². The Hall–Kier alpha value is -3.43. The fourth-order valence-corrected chi connectivity index (χ4v) is 4.83. The van der Waals surface area contributed by atoms with Gasteiger partial charge in [0.25, 0.3) is 0 Å². The first-order valence-electron chi connectivity index (χ1n) is 11.3. The third-order valence-corrected chi connectivity index (χ3v) is 7.06. The first-order chi connectivity index (χ1) is 16.6. The SMILES string of the molecule is Cc1ccc(-c2noc(C(C)N3CCN(C(=O)Cc4csc(-c5cccnc5)n4)CC3)n2)cc1. The highest BCUT2D eigenvalue weighted by Crippen LogP contribution is 2.25. The Kier molecular flexibility index (Phi) is 6.46. The van der Waals surface area contributed by atoms with Crippen molar-refractivity contribution < 1.29 is 9.32 Å². The van der Waals surface area contributed by atoms with Crippen molar-refractivity contribution in [2.45, 2.75) is 26.3 Å². The third kappa shape index (κ3) is 4.90. The van der Waals surface area contributed by atoms with E-state index in [0.717, 1.165) is 34.9 Å². The van der Waals surface area contributed by atoms with Crippen LogP contribution >= 0.6 is 11.3 Å². The highest BCUT2D eigenvalue weighted by molar-refractivity contribution is 7.13. The van der Waals surface area contributed by atoms with Gasteiger partial charge in [-0.25, -0.2) is 4.98 Å². The van der Waals surface area contributed by atoms with Crippen molar-refractivity contribution in [3.63, 3.8) is 0 Å². The maximum absolute atomic E-state index is 12.9. The van der Waals surface area contributed by atoms with Crippen LogP contribution in [0.4, 0.5) is 0 Å². The molecule has 1 fully saturated rings. The highest BCUT2D eigenvalue weighted by atomic mass is 32.1. The van der Waals surface area contributed by atoms with Crippen molar-refractivity contribution in [3.05, 3.63) is 71.3 Å². The molecule has 0 radical (unpaired) electrons. The van der Waals surface area contributed by atoms with Gasteiger partial charge in [0.2, 0.25) is 17.6 Å². The lowest BCUT2D eigenvalue weighted by Crippen LogP contribution is -2.49.